The summed E-state index contributed by atoms with van der Waals surface area (Å²) >= 11 is 0. The molecule has 2 heterocycles. The first-order chi connectivity index (χ1) is 10.6. The molecule has 2 fully saturated rings. The highest BCUT2D eigenvalue weighted by molar-refractivity contribution is 7.89. The van der Waals surface area contributed by atoms with E-state index in [0.717, 1.165) is 18.4 Å². The van der Waals surface area contributed by atoms with Crippen LogP contribution < -0.4 is 0 Å². The van der Waals surface area contributed by atoms with Crippen molar-refractivity contribution in [3.05, 3.63) is 30.1 Å². The van der Waals surface area contributed by atoms with Crippen LogP contribution in [0.25, 0.3) is 0 Å². The Labute approximate surface area is 132 Å². The van der Waals surface area contributed by atoms with Gasteiger partial charge in [0.25, 0.3) is 0 Å². The van der Waals surface area contributed by atoms with Crippen LogP contribution in [0.5, 0.6) is 0 Å². The van der Waals surface area contributed by atoms with E-state index >= 15 is 0 Å². The fourth-order valence-electron chi connectivity index (χ4n) is 3.85. The molecule has 0 radical (unpaired) electrons. The second-order valence-corrected chi connectivity index (χ2v) is 8.75. The number of aromatic nitrogens is 1. The van der Waals surface area contributed by atoms with Gasteiger partial charge in [-0.1, -0.05) is 6.42 Å². The van der Waals surface area contributed by atoms with E-state index in [1.807, 2.05) is 12.1 Å². The molecule has 0 bridgehead atoms. The van der Waals surface area contributed by atoms with Crippen molar-refractivity contribution < 1.29 is 13.2 Å². The molecule has 22 heavy (non-hydrogen) atoms. The van der Waals surface area contributed by atoms with Gasteiger partial charge >= 0.3 is 0 Å². The van der Waals surface area contributed by atoms with Crippen molar-refractivity contribution >= 4 is 10.0 Å². The lowest BCUT2D eigenvalue weighted by Crippen LogP contribution is -2.35. The van der Waals surface area contributed by atoms with E-state index in [1.54, 1.807) is 23.6 Å². The molecule has 122 valence electrons. The first kappa shape index (κ1) is 15.9. The van der Waals surface area contributed by atoms with Crippen molar-refractivity contribution in [3.63, 3.8) is 0 Å². The van der Waals surface area contributed by atoms with E-state index in [4.69, 9.17) is 4.74 Å². The lowest BCUT2D eigenvalue weighted by atomic mass is 9.82. The fourth-order valence-corrected chi connectivity index (χ4v) is 5.07. The van der Waals surface area contributed by atoms with Crippen LogP contribution in [0.15, 0.2) is 24.5 Å². The van der Waals surface area contributed by atoms with Gasteiger partial charge < -0.3 is 4.74 Å². The predicted molar refractivity (Wildman–Crippen MR) is 84.7 cm³/mol. The van der Waals surface area contributed by atoms with E-state index in [1.165, 1.54) is 6.42 Å². The monoisotopic (exact) mass is 324 g/mol. The summed E-state index contributed by atoms with van der Waals surface area (Å²) in [4.78, 5) is 4.00. The summed E-state index contributed by atoms with van der Waals surface area (Å²) < 4.78 is 31.9. The Balaban J connectivity index is 1.63. The van der Waals surface area contributed by atoms with Crippen molar-refractivity contribution in [2.45, 2.75) is 32.8 Å². The van der Waals surface area contributed by atoms with Gasteiger partial charge in [0.15, 0.2) is 0 Å². The minimum absolute atomic E-state index is 0.0231. The molecule has 1 aliphatic carbocycles. The molecule has 1 aromatic heterocycles. The Morgan fingerprint density at radius 3 is 2.91 bits per heavy atom. The van der Waals surface area contributed by atoms with Gasteiger partial charge in [-0.3, -0.25) is 4.98 Å². The molecule has 2 aliphatic rings. The predicted octanol–water partition coefficient (Wildman–Crippen LogP) is 2.05. The summed E-state index contributed by atoms with van der Waals surface area (Å²) in [6.45, 7) is 4.24. The average molecular weight is 324 g/mol. The molecule has 2 atom stereocenters. The van der Waals surface area contributed by atoms with Crippen molar-refractivity contribution in [2.24, 2.45) is 11.3 Å². The van der Waals surface area contributed by atoms with Crippen LogP contribution in [0, 0.1) is 11.3 Å². The number of nitrogens with zero attached hydrogens (tertiary/aromatic N) is 2. The molecule has 0 spiro atoms. The highest BCUT2D eigenvalue weighted by Crippen LogP contribution is 2.49. The third-order valence-corrected chi connectivity index (χ3v) is 6.97. The lowest BCUT2D eigenvalue weighted by Gasteiger charge is -2.28. The van der Waals surface area contributed by atoms with E-state index in [0.29, 0.717) is 32.2 Å². The van der Waals surface area contributed by atoms with Crippen LogP contribution in [0.1, 0.15) is 31.7 Å². The Morgan fingerprint density at radius 2 is 2.18 bits per heavy atom. The molecular weight excluding hydrogens is 300 g/mol. The molecule has 0 amide bonds. The number of hydrogen-bond acceptors (Lipinski definition) is 4. The smallest absolute Gasteiger partial charge is 0.213 e. The number of fused-ring (bicyclic) bond motifs is 1. The zero-order valence-electron chi connectivity index (χ0n) is 13.1. The molecule has 5 nitrogen and oxygen atoms in total. The highest BCUT2D eigenvalue weighted by atomic mass is 32.2. The second kappa shape index (κ2) is 6.26. The normalized spacial score (nSPS) is 28.9. The maximum atomic E-state index is 12.1. The van der Waals surface area contributed by atoms with Gasteiger partial charge in [-0.25, -0.2) is 12.7 Å². The fraction of sp³-hybridized carbons (Fsp3) is 0.688. The molecule has 6 heteroatoms. The summed E-state index contributed by atoms with van der Waals surface area (Å²) in [6.07, 6.45) is 6.91. The molecule has 0 aromatic carbocycles. The maximum Gasteiger partial charge on any atom is 0.213 e. The van der Waals surface area contributed by atoms with Crippen LogP contribution >= 0.6 is 0 Å². The quantitative estimate of drug-likeness (QED) is 0.803. The van der Waals surface area contributed by atoms with Crippen LogP contribution in [-0.2, 0) is 21.4 Å². The Bertz CT molecular complexity index is 605. The van der Waals surface area contributed by atoms with Crippen molar-refractivity contribution in [1.29, 1.82) is 0 Å². The number of ether oxygens (including phenoxy) is 1. The summed E-state index contributed by atoms with van der Waals surface area (Å²) in [5.41, 5.74) is 1.13. The maximum absolute atomic E-state index is 12.1. The van der Waals surface area contributed by atoms with Crippen LogP contribution in [0.2, 0.25) is 0 Å². The van der Waals surface area contributed by atoms with Crippen LogP contribution in [0.4, 0.5) is 0 Å². The second-order valence-electron chi connectivity index (χ2n) is 6.49. The number of pyridine rings is 1. The summed E-state index contributed by atoms with van der Waals surface area (Å²) in [5.74, 6) is 0.638. The number of rotatable bonds is 6. The molecule has 1 saturated heterocycles. The molecule has 0 unspecified atom stereocenters. The summed E-state index contributed by atoms with van der Waals surface area (Å²) in [6, 6.07) is 3.90. The van der Waals surface area contributed by atoms with Gasteiger partial charge in [-0.05, 0) is 43.4 Å². The number of hydrogen-bond donors (Lipinski definition) is 0. The summed E-state index contributed by atoms with van der Waals surface area (Å²) in [7, 11) is -3.09. The topological polar surface area (TPSA) is 59.5 Å². The van der Waals surface area contributed by atoms with Gasteiger partial charge in [0, 0.05) is 30.9 Å². The van der Waals surface area contributed by atoms with Crippen molar-refractivity contribution in [2.75, 3.05) is 25.4 Å². The highest BCUT2D eigenvalue weighted by Gasteiger charge is 2.51. The van der Waals surface area contributed by atoms with Gasteiger partial charge in [0.1, 0.15) is 0 Å². The first-order valence-corrected chi connectivity index (χ1v) is 9.61. The molecule has 1 aliphatic heterocycles. The van der Waals surface area contributed by atoms with Crippen molar-refractivity contribution in [3.8, 4) is 0 Å². The molecule has 3 rings (SSSR count). The van der Waals surface area contributed by atoms with Gasteiger partial charge in [0.2, 0.25) is 10.0 Å². The van der Waals surface area contributed by atoms with Gasteiger partial charge in [0.05, 0.1) is 19.0 Å². The number of sulfonamides is 1. The average Bonchev–Trinajstić information content (AvgIpc) is 3.06. The third kappa shape index (κ3) is 3.05. The molecule has 1 saturated carbocycles. The van der Waals surface area contributed by atoms with Crippen LogP contribution in [0.3, 0.4) is 0 Å². The van der Waals surface area contributed by atoms with Crippen molar-refractivity contribution in [1.82, 2.24) is 9.29 Å². The minimum atomic E-state index is -3.09. The molecule has 0 N–H and O–H groups in total. The molecule has 1 aromatic rings. The lowest BCUT2D eigenvalue weighted by molar-refractivity contribution is 0.0291. The van der Waals surface area contributed by atoms with E-state index < -0.39 is 10.0 Å². The van der Waals surface area contributed by atoms with Gasteiger partial charge in [-0.2, -0.15) is 0 Å². The SMILES string of the molecule is CCS(=O)(=O)N1C[C@H]2CCC[C@@]2(COCc2ccncc2)C1. The molecular formula is C16H24N2O3S. The third-order valence-electron chi connectivity index (χ3n) is 5.17. The Kier molecular flexibility index (Phi) is 4.52. The first-order valence-electron chi connectivity index (χ1n) is 8.00. The van der Waals surface area contributed by atoms with E-state index in [9.17, 15) is 8.42 Å². The van der Waals surface area contributed by atoms with E-state index in [-0.39, 0.29) is 11.2 Å². The zero-order chi connectivity index (χ0) is 15.6. The standard InChI is InChI=1S/C16H24N2O3S/c1-2-22(19,20)18-10-15-4-3-7-16(15,12-18)13-21-11-14-5-8-17-9-6-14/h5-6,8-9,15H,2-4,7,10-13H2,1H3/t15-,16+/m1/s1. The Morgan fingerprint density at radius 1 is 1.41 bits per heavy atom. The summed E-state index contributed by atoms with van der Waals surface area (Å²) in [5, 5.41) is 0. The minimum Gasteiger partial charge on any atom is -0.376 e. The van der Waals surface area contributed by atoms with Crippen LogP contribution in [-0.4, -0.2) is 43.2 Å². The van der Waals surface area contributed by atoms with Gasteiger partial charge in [-0.15, -0.1) is 0 Å². The largest absolute Gasteiger partial charge is 0.376 e. The Hall–Kier alpha value is -0.980. The van der Waals surface area contributed by atoms with E-state index in [2.05, 4.69) is 4.98 Å². The zero-order valence-corrected chi connectivity index (χ0v) is 13.9.